The van der Waals surface area contributed by atoms with Gasteiger partial charge in [0.05, 0.1) is 6.26 Å². The second kappa shape index (κ2) is 4.31. The molecule has 1 atom stereocenters. The van der Waals surface area contributed by atoms with Gasteiger partial charge in [0, 0.05) is 18.9 Å². The summed E-state index contributed by atoms with van der Waals surface area (Å²) in [4.78, 5) is 4.14. The summed E-state index contributed by atoms with van der Waals surface area (Å²) in [6.07, 6.45) is 5.34. The van der Waals surface area contributed by atoms with Crippen molar-refractivity contribution in [2.24, 2.45) is 0 Å². The van der Waals surface area contributed by atoms with Crippen LogP contribution in [0.5, 0.6) is 0 Å². The van der Waals surface area contributed by atoms with E-state index in [1.807, 2.05) is 10.8 Å². The van der Waals surface area contributed by atoms with Crippen molar-refractivity contribution in [3.63, 3.8) is 0 Å². The molecule has 1 unspecified atom stereocenters. The van der Waals surface area contributed by atoms with Gasteiger partial charge in [-0.2, -0.15) is 0 Å². The van der Waals surface area contributed by atoms with E-state index in [0.717, 1.165) is 13.0 Å². The predicted molar refractivity (Wildman–Crippen MR) is 55.3 cm³/mol. The minimum atomic E-state index is -0.776. The molecule has 0 radical (unpaired) electrons. The number of aliphatic hydroxyl groups is 1. The third-order valence-electron chi connectivity index (χ3n) is 2.27. The van der Waals surface area contributed by atoms with Crippen LogP contribution in [0.2, 0.25) is 0 Å². The van der Waals surface area contributed by atoms with E-state index in [9.17, 15) is 5.11 Å². The lowest BCUT2D eigenvalue weighted by atomic mass is 10.2. The fourth-order valence-electron chi connectivity index (χ4n) is 1.57. The predicted octanol–water partition coefficient (Wildman–Crippen LogP) is 1.97. The zero-order chi connectivity index (χ0) is 10.7. The van der Waals surface area contributed by atoms with Gasteiger partial charge >= 0.3 is 0 Å². The molecule has 0 spiro atoms. The summed E-state index contributed by atoms with van der Waals surface area (Å²) in [7, 11) is 0. The number of hydrogen-bond donors (Lipinski definition) is 1. The van der Waals surface area contributed by atoms with Crippen molar-refractivity contribution in [3.8, 4) is 0 Å². The largest absolute Gasteiger partial charge is 0.466 e. The van der Waals surface area contributed by atoms with Crippen LogP contribution >= 0.6 is 0 Å². The molecule has 2 aromatic heterocycles. The molecular formula is C11H14N2O2. The molecule has 80 valence electrons. The van der Waals surface area contributed by atoms with Gasteiger partial charge in [-0.25, -0.2) is 4.98 Å². The van der Waals surface area contributed by atoms with Crippen molar-refractivity contribution >= 4 is 0 Å². The Balaban J connectivity index is 2.25. The van der Waals surface area contributed by atoms with Crippen molar-refractivity contribution in [1.82, 2.24) is 9.55 Å². The first kappa shape index (κ1) is 9.98. The maximum absolute atomic E-state index is 10.0. The zero-order valence-corrected chi connectivity index (χ0v) is 8.63. The van der Waals surface area contributed by atoms with E-state index in [1.165, 1.54) is 0 Å². The van der Waals surface area contributed by atoms with E-state index >= 15 is 0 Å². The van der Waals surface area contributed by atoms with Crippen LogP contribution in [0, 0.1) is 0 Å². The highest BCUT2D eigenvalue weighted by Gasteiger charge is 2.17. The summed E-state index contributed by atoms with van der Waals surface area (Å²) in [5.74, 6) is 1.16. The lowest BCUT2D eigenvalue weighted by Crippen LogP contribution is -2.08. The maximum atomic E-state index is 10.0. The average molecular weight is 206 g/mol. The number of rotatable bonds is 4. The van der Waals surface area contributed by atoms with Gasteiger partial charge in [-0.3, -0.25) is 0 Å². The number of aromatic nitrogens is 2. The normalized spacial score (nSPS) is 12.9. The van der Waals surface area contributed by atoms with Gasteiger partial charge in [-0.05, 0) is 18.6 Å². The number of furan rings is 1. The second-order valence-electron chi connectivity index (χ2n) is 3.40. The summed E-state index contributed by atoms with van der Waals surface area (Å²) in [6, 6.07) is 3.50. The second-order valence-corrected chi connectivity index (χ2v) is 3.40. The maximum Gasteiger partial charge on any atom is 0.169 e. The molecule has 0 aliphatic rings. The Hall–Kier alpha value is -1.55. The SMILES string of the molecule is CCCn1ccnc1C(O)c1ccco1. The minimum absolute atomic E-state index is 0.526. The first-order valence-corrected chi connectivity index (χ1v) is 5.05. The Morgan fingerprint density at radius 2 is 2.47 bits per heavy atom. The van der Waals surface area contributed by atoms with Crippen LogP contribution < -0.4 is 0 Å². The number of nitrogens with zero attached hydrogens (tertiary/aromatic N) is 2. The smallest absolute Gasteiger partial charge is 0.169 e. The number of imidazole rings is 1. The van der Waals surface area contributed by atoms with Gasteiger partial charge in [0.2, 0.25) is 0 Å². The molecule has 0 saturated heterocycles. The third kappa shape index (κ3) is 1.94. The quantitative estimate of drug-likeness (QED) is 0.832. The minimum Gasteiger partial charge on any atom is -0.466 e. The number of aliphatic hydroxyl groups excluding tert-OH is 1. The summed E-state index contributed by atoms with van der Waals surface area (Å²) in [5.41, 5.74) is 0. The Bertz CT molecular complexity index is 406. The van der Waals surface area contributed by atoms with E-state index < -0.39 is 6.10 Å². The van der Waals surface area contributed by atoms with Crippen LogP contribution in [-0.4, -0.2) is 14.7 Å². The highest BCUT2D eigenvalue weighted by atomic mass is 16.4. The molecule has 0 fully saturated rings. The fraction of sp³-hybridized carbons (Fsp3) is 0.364. The van der Waals surface area contributed by atoms with Crippen LogP contribution in [0.1, 0.15) is 31.0 Å². The third-order valence-corrected chi connectivity index (χ3v) is 2.27. The van der Waals surface area contributed by atoms with Crippen LogP contribution in [0.25, 0.3) is 0 Å². The first-order chi connectivity index (χ1) is 7.33. The molecule has 0 bridgehead atoms. The molecule has 0 aromatic carbocycles. The Kier molecular flexibility index (Phi) is 2.87. The van der Waals surface area contributed by atoms with E-state index in [1.54, 1.807) is 24.6 Å². The topological polar surface area (TPSA) is 51.2 Å². The van der Waals surface area contributed by atoms with Crippen LogP contribution in [0.15, 0.2) is 35.2 Å². The molecule has 0 aliphatic carbocycles. The van der Waals surface area contributed by atoms with Crippen molar-refractivity contribution < 1.29 is 9.52 Å². The van der Waals surface area contributed by atoms with E-state index in [4.69, 9.17) is 4.42 Å². The zero-order valence-electron chi connectivity index (χ0n) is 8.63. The van der Waals surface area contributed by atoms with E-state index in [2.05, 4.69) is 11.9 Å². The van der Waals surface area contributed by atoms with Crippen LogP contribution in [-0.2, 0) is 6.54 Å². The Morgan fingerprint density at radius 1 is 1.60 bits per heavy atom. The van der Waals surface area contributed by atoms with Gasteiger partial charge in [0.15, 0.2) is 6.10 Å². The lowest BCUT2D eigenvalue weighted by molar-refractivity contribution is 0.175. The fourth-order valence-corrected chi connectivity index (χ4v) is 1.57. The molecular weight excluding hydrogens is 192 g/mol. The van der Waals surface area contributed by atoms with Crippen molar-refractivity contribution in [1.29, 1.82) is 0 Å². The molecule has 2 rings (SSSR count). The average Bonchev–Trinajstić information content (AvgIpc) is 2.87. The molecule has 0 amide bonds. The highest BCUT2D eigenvalue weighted by Crippen LogP contribution is 2.20. The van der Waals surface area contributed by atoms with Crippen LogP contribution in [0.3, 0.4) is 0 Å². The van der Waals surface area contributed by atoms with Gasteiger partial charge in [0.1, 0.15) is 11.6 Å². The van der Waals surface area contributed by atoms with Gasteiger partial charge < -0.3 is 14.1 Å². The number of hydrogen-bond acceptors (Lipinski definition) is 3. The summed E-state index contributed by atoms with van der Waals surface area (Å²) in [6.45, 7) is 2.94. The van der Waals surface area contributed by atoms with Crippen molar-refractivity contribution in [3.05, 3.63) is 42.4 Å². The summed E-state index contributed by atoms with van der Waals surface area (Å²) >= 11 is 0. The van der Waals surface area contributed by atoms with E-state index in [-0.39, 0.29) is 0 Å². The summed E-state index contributed by atoms with van der Waals surface area (Å²) in [5, 5.41) is 10.0. The van der Waals surface area contributed by atoms with Crippen molar-refractivity contribution in [2.75, 3.05) is 0 Å². The molecule has 1 N–H and O–H groups in total. The van der Waals surface area contributed by atoms with Gasteiger partial charge in [-0.15, -0.1) is 0 Å². The van der Waals surface area contributed by atoms with Gasteiger partial charge in [-0.1, -0.05) is 6.92 Å². The standard InChI is InChI=1S/C11H14N2O2/c1-2-6-13-7-5-12-11(13)10(14)9-4-3-8-15-9/h3-5,7-8,10,14H,2,6H2,1H3. The van der Waals surface area contributed by atoms with E-state index in [0.29, 0.717) is 11.6 Å². The lowest BCUT2D eigenvalue weighted by Gasteiger charge is -2.10. The summed E-state index contributed by atoms with van der Waals surface area (Å²) < 4.78 is 7.09. The molecule has 2 heterocycles. The molecule has 4 nitrogen and oxygen atoms in total. The molecule has 4 heteroatoms. The van der Waals surface area contributed by atoms with Crippen LogP contribution in [0.4, 0.5) is 0 Å². The molecule has 0 saturated carbocycles. The Morgan fingerprint density at radius 3 is 3.13 bits per heavy atom. The monoisotopic (exact) mass is 206 g/mol. The molecule has 0 aliphatic heterocycles. The molecule has 2 aromatic rings. The van der Waals surface area contributed by atoms with Crippen molar-refractivity contribution in [2.45, 2.75) is 26.0 Å². The number of aryl methyl sites for hydroxylation is 1. The highest BCUT2D eigenvalue weighted by molar-refractivity contribution is 5.12. The van der Waals surface area contributed by atoms with Gasteiger partial charge in [0.25, 0.3) is 0 Å². The molecule has 15 heavy (non-hydrogen) atoms. The Labute approximate surface area is 88.2 Å². The first-order valence-electron chi connectivity index (χ1n) is 5.05.